The summed E-state index contributed by atoms with van der Waals surface area (Å²) in [7, 11) is 0. The van der Waals surface area contributed by atoms with Gasteiger partial charge in [0.2, 0.25) is 0 Å². The monoisotopic (exact) mass is 225 g/mol. The minimum atomic E-state index is -2.01. The van der Waals surface area contributed by atoms with Crippen LogP contribution in [0.4, 0.5) is 0 Å². The topological polar surface area (TPSA) is 150 Å². The van der Waals surface area contributed by atoms with E-state index in [0.29, 0.717) is 0 Å². The Morgan fingerprint density at radius 3 is 2.00 bits per heavy atom. The van der Waals surface area contributed by atoms with E-state index in [1.165, 1.54) is 0 Å². The summed E-state index contributed by atoms with van der Waals surface area (Å²) in [6.45, 7) is -1.56. The number of aliphatic hydroxyl groups is 6. The van der Waals surface area contributed by atoms with E-state index in [4.69, 9.17) is 25.5 Å². The zero-order valence-electron chi connectivity index (χ0n) is 7.82. The van der Waals surface area contributed by atoms with Gasteiger partial charge in [-0.25, -0.2) is 0 Å². The lowest BCUT2D eigenvalue weighted by Gasteiger charge is -2.24. The van der Waals surface area contributed by atoms with Crippen molar-refractivity contribution in [3.63, 3.8) is 0 Å². The minimum absolute atomic E-state index is 0.735. The maximum atomic E-state index is 10.9. The predicted octanol–water partition coefficient (Wildman–Crippen LogP) is -4.51. The fourth-order valence-corrected chi connectivity index (χ4v) is 0.860. The smallest absolute Gasteiger partial charge is 0.253 e. The third-order valence-corrected chi connectivity index (χ3v) is 1.78. The number of nitrogens with one attached hydrogen (secondary N) is 1. The van der Waals surface area contributed by atoms with Gasteiger partial charge in [-0.15, -0.1) is 0 Å². The van der Waals surface area contributed by atoms with Crippen molar-refractivity contribution < 1.29 is 35.4 Å². The van der Waals surface area contributed by atoms with Crippen molar-refractivity contribution in [2.24, 2.45) is 0 Å². The van der Waals surface area contributed by atoms with Crippen molar-refractivity contribution in [3.8, 4) is 0 Å². The Kier molecular flexibility index (Phi) is 6.32. The highest BCUT2D eigenvalue weighted by molar-refractivity contribution is 5.81. The van der Waals surface area contributed by atoms with Crippen LogP contribution in [0.2, 0.25) is 0 Å². The first kappa shape index (κ1) is 14.2. The standard InChI is InChI=1S/C7H15NO7/c9-1-3(11)4(12)5(13)6(14)7(15)8-2-10/h3-6,9-14H,1-2H2,(H,8,15)/t3-,4-,5+,6+/m0/s1. The van der Waals surface area contributed by atoms with Gasteiger partial charge in [0, 0.05) is 0 Å². The molecule has 0 bridgehead atoms. The maximum absolute atomic E-state index is 10.9. The van der Waals surface area contributed by atoms with Gasteiger partial charge in [-0.2, -0.15) is 0 Å². The fraction of sp³-hybridized carbons (Fsp3) is 0.857. The van der Waals surface area contributed by atoms with Gasteiger partial charge in [-0.05, 0) is 0 Å². The normalized spacial score (nSPS) is 19.1. The lowest BCUT2D eigenvalue weighted by molar-refractivity contribution is -0.149. The molecule has 15 heavy (non-hydrogen) atoms. The van der Waals surface area contributed by atoms with E-state index in [0.717, 1.165) is 0 Å². The molecule has 0 rings (SSSR count). The van der Waals surface area contributed by atoms with Crippen LogP contribution in [0.1, 0.15) is 0 Å². The van der Waals surface area contributed by atoms with E-state index >= 15 is 0 Å². The van der Waals surface area contributed by atoms with Crippen molar-refractivity contribution >= 4 is 5.91 Å². The highest BCUT2D eigenvalue weighted by Crippen LogP contribution is 2.05. The molecule has 0 aliphatic rings. The lowest BCUT2D eigenvalue weighted by atomic mass is 10.0. The SMILES string of the molecule is O=C(NCO)[C@H](O)[C@H](O)[C@@H](O)[C@@H](O)CO. The Labute approximate surface area is 85.4 Å². The molecule has 4 atom stereocenters. The molecular formula is C7H15NO7. The van der Waals surface area contributed by atoms with E-state index in [1.807, 2.05) is 0 Å². The number of amides is 1. The van der Waals surface area contributed by atoms with Crippen LogP contribution >= 0.6 is 0 Å². The van der Waals surface area contributed by atoms with Crippen LogP contribution < -0.4 is 5.32 Å². The molecule has 0 aromatic carbocycles. The summed E-state index contributed by atoms with van der Waals surface area (Å²) in [5.41, 5.74) is 0. The summed E-state index contributed by atoms with van der Waals surface area (Å²) in [6.07, 6.45) is -7.50. The Bertz CT molecular complexity index is 200. The summed E-state index contributed by atoms with van der Waals surface area (Å²) in [5.74, 6) is -1.10. The molecule has 0 aromatic rings. The quantitative estimate of drug-likeness (QED) is 0.225. The fourth-order valence-electron chi connectivity index (χ4n) is 0.860. The van der Waals surface area contributed by atoms with Gasteiger partial charge in [0.15, 0.2) is 6.10 Å². The Balaban J connectivity index is 4.29. The molecule has 0 aliphatic carbocycles. The maximum Gasteiger partial charge on any atom is 0.253 e. The summed E-state index contributed by atoms with van der Waals surface area (Å²) >= 11 is 0. The second kappa shape index (κ2) is 6.67. The second-order valence-electron chi connectivity index (χ2n) is 2.88. The molecule has 7 N–H and O–H groups in total. The molecule has 0 spiro atoms. The molecule has 8 nitrogen and oxygen atoms in total. The van der Waals surface area contributed by atoms with Gasteiger partial charge < -0.3 is 36.0 Å². The van der Waals surface area contributed by atoms with Crippen molar-refractivity contribution in [2.75, 3.05) is 13.3 Å². The van der Waals surface area contributed by atoms with Crippen LogP contribution in [0.5, 0.6) is 0 Å². The minimum Gasteiger partial charge on any atom is -0.394 e. The Morgan fingerprint density at radius 2 is 1.60 bits per heavy atom. The highest BCUT2D eigenvalue weighted by Gasteiger charge is 2.33. The average Bonchev–Trinajstić information content (AvgIpc) is 2.25. The van der Waals surface area contributed by atoms with Gasteiger partial charge in [0.25, 0.3) is 5.91 Å². The Hall–Kier alpha value is -0.770. The first-order chi connectivity index (χ1) is 6.95. The molecule has 0 saturated heterocycles. The van der Waals surface area contributed by atoms with E-state index in [2.05, 4.69) is 0 Å². The molecule has 0 unspecified atom stereocenters. The zero-order valence-corrected chi connectivity index (χ0v) is 7.82. The summed E-state index contributed by atoms with van der Waals surface area (Å²) in [5, 5.41) is 54.8. The number of rotatable bonds is 6. The van der Waals surface area contributed by atoms with Crippen LogP contribution in [-0.4, -0.2) is 74.3 Å². The van der Waals surface area contributed by atoms with E-state index in [-0.39, 0.29) is 0 Å². The van der Waals surface area contributed by atoms with Gasteiger partial charge in [0.1, 0.15) is 25.0 Å². The summed E-state index contributed by atoms with van der Waals surface area (Å²) in [4.78, 5) is 10.9. The molecule has 0 fully saturated rings. The average molecular weight is 225 g/mol. The first-order valence-electron chi connectivity index (χ1n) is 4.17. The predicted molar refractivity (Wildman–Crippen MR) is 46.3 cm³/mol. The van der Waals surface area contributed by atoms with Crippen molar-refractivity contribution in [1.82, 2.24) is 5.32 Å². The summed E-state index contributed by atoms with van der Waals surface area (Å²) < 4.78 is 0. The second-order valence-corrected chi connectivity index (χ2v) is 2.88. The number of hydrogen-bond acceptors (Lipinski definition) is 7. The van der Waals surface area contributed by atoms with Gasteiger partial charge >= 0.3 is 0 Å². The molecule has 0 heterocycles. The van der Waals surface area contributed by atoms with Crippen LogP contribution in [0, 0.1) is 0 Å². The Morgan fingerprint density at radius 1 is 1.07 bits per heavy atom. The molecule has 1 amide bonds. The van der Waals surface area contributed by atoms with Gasteiger partial charge in [0.05, 0.1) is 6.61 Å². The van der Waals surface area contributed by atoms with E-state index in [9.17, 15) is 9.90 Å². The van der Waals surface area contributed by atoms with E-state index < -0.39 is 43.7 Å². The molecule has 0 aliphatic heterocycles. The van der Waals surface area contributed by atoms with E-state index in [1.54, 1.807) is 5.32 Å². The molecular weight excluding hydrogens is 210 g/mol. The number of carbonyl (C=O) groups is 1. The van der Waals surface area contributed by atoms with Crippen LogP contribution in [0.3, 0.4) is 0 Å². The molecule has 0 saturated carbocycles. The third kappa shape index (κ3) is 4.08. The lowest BCUT2D eigenvalue weighted by Crippen LogP contribution is -2.51. The number of hydrogen-bond donors (Lipinski definition) is 7. The third-order valence-electron chi connectivity index (χ3n) is 1.78. The number of aliphatic hydroxyl groups excluding tert-OH is 6. The number of carbonyl (C=O) groups excluding carboxylic acids is 1. The molecule has 0 aromatic heterocycles. The largest absolute Gasteiger partial charge is 0.394 e. The first-order valence-corrected chi connectivity index (χ1v) is 4.17. The van der Waals surface area contributed by atoms with Crippen molar-refractivity contribution in [3.05, 3.63) is 0 Å². The molecule has 0 radical (unpaired) electrons. The van der Waals surface area contributed by atoms with Crippen LogP contribution in [0.15, 0.2) is 0 Å². The highest BCUT2D eigenvalue weighted by atomic mass is 16.4. The van der Waals surface area contributed by atoms with Crippen molar-refractivity contribution in [1.29, 1.82) is 0 Å². The summed E-state index contributed by atoms with van der Waals surface area (Å²) in [6, 6.07) is 0. The van der Waals surface area contributed by atoms with Crippen LogP contribution in [-0.2, 0) is 4.79 Å². The molecule has 8 heteroatoms. The van der Waals surface area contributed by atoms with Crippen molar-refractivity contribution in [2.45, 2.75) is 24.4 Å². The van der Waals surface area contributed by atoms with Gasteiger partial charge in [-0.1, -0.05) is 0 Å². The molecule has 90 valence electrons. The van der Waals surface area contributed by atoms with Crippen LogP contribution in [0.25, 0.3) is 0 Å². The van der Waals surface area contributed by atoms with Gasteiger partial charge in [-0.3, -0.25) is 4.79 Å². The zero-order chi connectivity index (χ0) is 12.0.